The van der Waals surface area contributed by atoms with Crippen molar-refractivity contribution in [2.45, 2.75) is 98.3 Å². The Bertz CT molecular complexity index is 726. The molecule has 180 valence electrons. The van der Waals surface area contributed by atoms with Gasteiger partial charge in [0.05, 0.1) is 0 Å². The average Bonchev–Trinajstić information content (AvgIpc) is 3.11. The topological polar surface area (TPSA) is 29.1 Å². The quantitative estimate of drug-likeness (QED) is 0.240. The van der Waals surface area contributed by atoms with Crippen molar-refractivity contribution >= 4 is 6.29 Å². The van der Waals surface area contributed by atoms with Crippen LogP contribution >= 0.6 is 0 Å². The summed E-state index contributed by atoms with van der Waals surface area (Å²) in [6, 6.07) is 0. The molecule has 2 nitrogen and oxygen atoms in total. The summed E-state index contributed by atoms with van der Waals surface area (Å²) in [5, 5.41) is 3.34. The van der Waals surface area contributed by atoms with Crippen LogP contribution in [0.2, 0.25) is 0 Å². The van der Waals surface area contributed by atoms with Crippen molar-refractivity contribution in [1.29, 1.82) is 0 Å². The predicted molar refractivity (Wildman–Crippen MR) is 135 cm³/mol. The second kappa shape index (κ2) is 9.30. The number of nitrogens with one attached hydrogen (secondary N) is 1. The van der Waals surface area contributed by atoms with Crippen LogP contribution in [-0.2, 0) is 4.79 Å². The van der Waals surface area contributed by atoms with Gasteiger partial charge in [0.2, 0.25) is 0 Å². The number of rotatable bonds is 8. The summed E-state index contributed by atoms with van der Waals surface area (Å²) in [7, 11) is 0. The van der Waals surface area contributed by atoms with Crippen molar-refractivity contribution in [1.82, 2.24) is 5.32 Å². The molecule has 0 spiro atoms. The zero-order chi connectivity index (χ0) is 23.1. The molecule has 1 N–H and O–H groups in total. The number of allylic oxidation sites excluding steroid dienone is 2. The van der Waals surface area contributed by atoms with Crippen LogP contribution in [0.3, 0.4) is 0 Å². The van der Waals surface area contributed by atoms with Crippen molar-refractivity contribution in [3.05, 3.63) is 24.4 Å². The van der Waals surface area contributed by atoms with Gasteiger partial charge in [-0.15, -0.1) is 0 Å². The van der Waals surface area contributed by atoms with E-state index >= 15 is 0 Å². The molecule has 4 aliphatic carbocycles. The van der Waals surface area contributed by atoms with Crippen molar-refractivity contribution in [3.8, 4) is 0 Å². The molecule has 0 heterocycles. The molecule has 9 atom stereocenters. The molecule has 32 heavy (non-hydrogen) atoms. The molecule has 0 saturated heterocycles. The first-order chi connectivity index (χ1) is 15.2. The lowest BCUT2D eigenvalue weighted by molar-refractivity contribution is -0.132. The lowest BCUT2D eigenvalue weighted by Gasteiger charge is -2.63. The maximum atomic E-state index is 10.6. The van der Waals surface area contributed by atoms with Crippen LogP contribution in [0.4, 0.5) is 0 Å². The van der Waals surface area contributed by atoms with E-state index in [4.69, 9.17) is 0 Å². The van der Waals surface area contributed by atoms with Crippen LogP contribution in [0.1, 0.15) is 98.3 Å². The molecule has 0 aromatic carbocycles. The highest BCUT2D eigenvalue weighted by Crippen LogP contribution is 2.69. The average molecular weight is 440 g/mol. The predicted octanol–water partition coefficient (Wildman–Crippen LogP) is 7.56. The lowest BCUT2D eigenvalue weighted by Crippen LogP contribution is -2.55. The zero-order valence-corrected chi connectivity index (χ0v) is 21.4. The van der Waals surface area contributed by atoms with Crippen molar-refractivity contribution in [2.24, 2.45) is 52.3 Å². The van der Waals surface area contributed by atoms with E-state index in [1.54, 1.807) is 0 Å². The Morgan fingerprint density at radius 2 is 1.94 bits per heavy atom. The summed E-state index contributed by atoms with van der Waals surface area (Å²) < 4.78 is 0. The van der Waals surface area contributed by atoms with E-state index in [1.165, 1.54) is 63.4 Å². The Labute approximate surface area is 198 Å². The number of carbonyl (C=O) groups is 1. The van der Waals surface area contributed by atoms with Crippen LogP contribution in [-0.4, -0.2) is 12.8 Å². The summed E-state index contributed by atoms with van der Waals surface area (Å²) in [5.41, 5.74) is 3.73. The van der Waals surface area contributed by atoms with Gasteiger partial charge in [0.25, 0.3) is 0 Å². The fourth-order valence-corrected chi connectivity index (χ4v) is 9.51. The van der Waals surface area contributed by atoms with E-state index in [-0.39, 0.29) is 0 Å². The van der Waals surface area contributed by atoms with Crippen LogP contribution in [0.25, 0.3) is 0 Å². The maximum Gasteiger partial charge on any atom is 0.121 e. The van der Waals surface area contributed by atoms with Gasteiger partial charge >= 0.3 is 0 Å². The van der Waals surface area contributed by atoms with Gasteiger partial charge in [-0.1, -0.05) is 46.4 Å². The van der Waals surface area contributed by atoms with Gasteiger partial charge in [-0.3, -0.25) is 0 Å². The molecule has 0 amide bonds. The monoisotopic (exact) mass is 439 g/mol. The van der Waals surface area contributed by atoms with Crippen LogP contribution in [0.5, 0.6) is 0 Å². The van der Waals surface area contributed by atoms with Gasteiger partial charge in [0, 0.05) is 18.7 Å². The first kappa shape index (κ1) is 24.1. The van der Waals surface area contributed by atoms with E-state index < -0.39 is 0 Å². The number of aldehydes is 1. The largest absolute Gasteiger partial charge is 0.388 e. The highest BCUT2D eigenvalue weighted by Gasteiger charge is 2.61. The fraction of sp³-hybridized carbons (Fsp3) is 0.833. The van der Waals surface area contributed by atoms with Gasteiger partial charge < -0.3 is 10.1 Å². The smallest absolute Gasteiger partial charge is 0.121 e. The molecule has 0 aromatic rings. The molecule has 4 saturated carbocycles. The Kier molecular flexibility index (Phi) is 7.00. The van der Waals surface area contributed by atoms with Crippen LogP contribution in [0, 0.1) is 52.3 Å². The minimum atomic E-state index is 0.530. The van der Waals surface area contributed by atoms with Crippen molar-refractivity contribution < 1.29 is 4.79 Å². The summed E-state index contributed by atoms with van der Waals surface area (Å²) >= 11 is 0. The molecular weight excluding hydrogens is 390 g/mol. The summed E-state index contributed by atoms with van der Waals surface area (Å²) in [6.45, 7) is 19.8. The first-order valence-electron chi connectivity index (χ1n) is 13.7. The third-order valence-corrected chi connectivity index (χ3v) is 11.3. The molecule has 4 fully saturated rings. The van der Waals surface area contributed by atoms with Crippen molar-refractivity contribution in [3.63, 3.8) is 0 Å². The first-order valence-corrected chi connectivity index (χ1v) is 13.7. The van der Waals surface area contributed by atoms with E-state index in [2.05, 4.69) is 46.2 Å². The number of hydrogen-bond donors (Lipinski definition) is 1. The van der Waals surface area contributed by atoms with Gasteiger partial charge in [0.1, 0.15) is 6.29 Å². The molecule has 2 heteroatoms. The second-order valence-corrected chi connectivity index (χ2v) is 12.9. The number of hydrogen-bond acceptors (Lipinski definition) is 2. The second-order valence-electron chi connectivity index (χ2n) is 12.9. The highest BCUT2D eigenvalue weighted by atomic mass is 16.1. The molecule has 0 aliphatic heterocycles. The molecule has 0 bridgehead atoms. The maximum absolute atomic E-state index is 10.6. The SMILES string of the molecule is C=C1CCC2(C)C(C1)CC(C)C1C2CCC2(C)C(C(C)CCC(=C)NCCC=O)CCC12. The van der Waals surface area contributed by atoms with Crippen LogP contribution < -0.4 is 5.32 Å². The molecule has 9 unspecified atom stereocenters. The van der Waals surface area contributed by atoms with E-state index in [0.717, 1.165) is 66.4 Å². The van der Waals surface area contributed by atoms with E-state index in [1.807, 2.05) is 0 Å². The minimum Gasteiger partial charge on any atom is -0.388 e. The van der Waals surface area contributed by atoms with Gasteiger partial charge in [-0.2, -0.15) is 0 Å². The van der Waals surface area contributed by atoms with Gasteiger partial charge in [-0.05, 0) is 116 Å². The molecule has 4 rings (SSSR count). The third kappa shape index (κ3) is 4.14. The number of carbonyl (C=O) groups excluding carboxylic acids is 1. The molecule has 4 aliphatic rings. The Balaban J connectivity index is 1.43. The lowest BCUT2D eigenvalue weighted by atomic mass is 9.42. The fourth-order valence-electron chi connectivity index (χ4n) is 9.51. The van der Waals surface area contributed by atoms with E-state index in [9.17, 15) is 4.79 Å². The summed E-state index contributed by atoms with van der Waals surface area (Å²) in [6.07, 6.45) is 15.0. The standard InChI is InChI=1S/C30H49NO/c1-20-12-14-29(5)24(18-20)19-22(3)28-26-11-10-25(30(26,6)15-13-27(28)29)21(2)8-9-23(4)31-16-7-17-32/h17,21-22,24-28,31H,1,4,7-16,18-19H2,2-3,5-6H3. The Morgan fingerprint density at radius 1 is 1.19 bits per heavy atom. The van der Waals surface area contributed by atoms with Crippen LogP contribution in [0.15, 0.2) is 24.4 Å². The zero-order valence-electron chi connectivity index (χ0n) is 21.4. The molecular formula is C30H49NO. The molecule has 0 radical (unpaired) electrons. The highest BCUT2D eigenvalue weighted by molar-refractivity contribution is 5.49. The Hall–Kier alpha value is -1.05. The Morgan fingerprint density at radius 3 is 2.69 bits per heavy atom. The number of fused-ring (bicyclic) bond motifs is 5. The molecule has 0 aromatic heterocycles. The van der Waals surface area contributed by atoms with Gasteiger partial charge in [-0.25, -0.2) is 0 Å². The third-order valence-electron chi connectivity index (χ3n) is 11.3. The minimum absolute atomic E-state index is 0.530. The van der Waals surface area contributed by atoms with Gasteiger partial charge in [0.15, 0.2) is 0 Å². The normalized spacial score (nSPS) is 44.2. The summed E-state index contributed by atoms with van der Waals surface area (Å²) in [4.78, 5) is 10.6. The van der Waals surface area contributed by atoms with E-state index in [0.29, 0.717) is 17.3 Å². The van der Waals surface area contributed by atoms with Crippen molar-refractivity contribution in [2.75, 3.05) is 6.54 Å². The summed E-state index contributed by atoms with van der Waals surface area (Å²) in [5.74, 6) is 6.20.